The fourth-order valence-corrected chi connectivity index (χ4v) is 1.44. The van der Waals surface area contributed by atoms with Gasteiger partial charge in [0, 0.05) is 6.20 Å². The lowest BCUT2D eigenvalue weighted by molar-refractivity contribution is 0.932. The van der Waals surface area contributed by atoms with Crippen LogP contribution < -0.4 is 0 Å². The van der Waals surface area contributed by atoms with Crippen molar-refractivity contribution in [2.75, 3.05) is 0 Å². The molecule has 3 nitrogen and oxygen atoms in total. The third-order valence-corrected chi connectivity index (χ3v) is 2.12. The summed E-state index contributed by atoms with van der Waals surface area (Å²) in [6.07, 6.45) is 2.53. The fraction of sp³-hybridized carbons (Fsp3) is 0.250. The smallest absolute Gasteiger partial charge is 0.155 e. The molecule has 0 N–H and O–H groups in total. The lowest BCUT2D eigenvalue weighted by Gasteiger charge is -1.90. The zero-order chi connectivity index (χ0) is 8.55. The molecule has 0 aliphatic carbocycles. The first kappa shape index (κ1) is 7.55. The molecular weight excluding hydrogens is 174 g/mol. The Morgan fingerprint density at radius 3 is 3.08 bits per heavy atom. The Bertz CT molecular complexity index is 408. The third kappa shape index (κ3) is 0.975. The van der Waals surface area contributed by atoms with Crippen molar-refractivity contribution in [1.29, 1.82) is 0 Å². The lowest BCUT2D eigenvalue weighted by atomic mass is 10.4. The predicted molar refractivity (Wildman–Crippen MR) is 47.4 cm³/mol. The van der Waals surface area contributed by atoms with Crippen LogP contribution >= 0.6 is 11.6 Å². The largest absolute Gasteiger partial charge is 0.230 e. The van der Waals surface area contributed by atoms with Crippen LogP contribution in [0, 0.1) is 0 Å². The first-order valence-corrected chi connectivity index (χ1v) is 4.19. The molecule has 0 unspecified atom stereocenters. The molecule has 2 aromatic rings. The number of rotatable bonds is 1. The van der Waals surface area contributed by atoms with Crippen LogP contribution in [0.25, 0.3) is 5.65 Å². The Balaban J connectivity index is 2.78. The monoisotopic (exact) mass is 181 g/mol. The van der Waals surface area contributed by atoms with E-state index in [0.717, 1.165) is 17.8 Å². The highest BCUT2D eigenvalue weighted by molar-refractivity contribution is 6.30. The van der Waals surface area contributed by atoms with Gasteiger partial charge in [-0.1, -0.05) is 18.5 Å². The van der Waals surface area contributed by atoms with Gasteiger partial charge in [0.1, 0.15) is 0 Å². The Morgan fingerprint density at radius 2 is 2.42 bits per heavy atom. The van der Waals surface area contributed by atoms with E-state index in [1.807, 2.05) is 19.1 Å². The van der Waals surface area contributed by atoms with Gasteiger partial charge in [-0.15, -0.1) is 0 Å². The molecule has 0 saturated heterocycles. The average molecular weight is 182 g/mol. The molecule has 0 saturated carbocycles. The normalized spacial score (nSPS) is 10.8. The van der Waals surface area contributed by atoms with E-state index in [1.54, 1.807) is 10.7 Å². The highest BCUT2D eigenvalue weighted by Gasteiger charge is 2.07. The second-order valence-corrected chi connectivity index (χ2v) is 2.85. The van der Waals surface area contributed by atoms with Crippen LogP contribution in [0.5, 0.6) is 0 Å². The lowest BCUT2D eigenvalue weighted by Crippen LogP contribution is -1.88. The van der Waals surface area contributed by atoms with Crippen molar-refractivity contribution in [2.45, 2.75) is 13.3 Å². The van der Waals surface area contributed by atoms with Crippen LogP contribution in [0.2, 0.25) is 5.15 Å². The SMILES string of the molecule is CCc1nc2cccnn2c1Cl. The molecular formula is C8H8ClN3. The van der Waals surface area contributed by atoms with Gasteiger partial charge in [0.25, 0.3) is 0 Å². The molecule has 2 rings (SSSR count). The molecule has 2 heterocycles. The number of halogens is 1. The Hall–Kier alpha value is -1.09. The number of hydrogen-bond donors (Lipinski definition) is 0. The topological polar surface area (TPSA) is 30.2 Å². The van der Waals surface area contributed by atoms with E-state index in [9.17, 15) is 0 Å². The van der Waals surface area contributed by atoms with Gasteiger partial charge in [-0.25, -0.2) is 9.50 Å². The Kier molecular flexibility index (Phi) is 1.73. The molecule has 0 bridgehead atoms. The molecule has 12 heavy (non-hydrogen) atoms. The number of nitrogens with zero attached hydrogens (tertiary/aromatic N) is 3. The molecule has 0 fully saturated rings. The molecule has 0 spiro atoms. The molecule has 0 atom stereocenters. The van der Waals surface area contributed by atoms with Crippen molar-refractivity contribution in [3.8, 4) is 0 Å². The van der Waals surface area contributed by atoms with Crippen molar-refractivity contribution in [2.24, 2.45) is 0 Å². The predicted octanol–water partition coefficient (Wildman–Crippen LogP) is 1.95. The molecule has 4 heteroatoms. The summed E-state index contributed by atoms with van der Waals surface area (Å²) in [6, 6.07) is 3.73. The first-order valence-electron chi connectivity index (χ1n) is 3.81. The highest BCUT2D eigenvalue weighted by atomic mass is 35.5. The van der Waals surface area contributed by atoms with Crippen LogP contribution in [-0.4, -0.2) is 14.6 Å². The van der Waals surface area contributed by atoms with Gasteiger partial charge in [-0.2, -0.15) is 5.10 Å². The van der Waals surface area contributed by atoms with E-state index in [4.69, 9.17) is 11.6 Å². The van der Waals surface area contributed by atoms with Crippen molar-refractivity contribution in [1.82, 2.24) is 14.6 Å². The van der Waals surface area contributed by atoms with Gasteiger partial charge >= 0.3 is 0 Å². The van der Waals surface area contributed by atoms with Crippen LogP contribution in [0.4, 0.5) is 0 Å². The van der Waals surface area contributed by atoms with E-state index >= 15 is 0 Å². The maximum Gasteiger partial charge on any atom is 0.155 e. The van der Waals surface area contributed by atoms with E-state index in [1.165, 1.54) is 0 Å². The summed E-state index contributed by atoms with van der Waals surface area (Å²) in [6.45, 7) is 2.02. The average Bonchev–Trinajstić information content (AvgIpc) is 2.44. The van der Waals surface area contributed by atoms with Gasteiger partial charge in [0.2, 0.25) is 0 Å². The van der Waals surface area contributed by atoms with Gasteiger partial charge < -0.3 is 0 Å². The number of aromatic nitrogens is 3. The summed E-state index contributed by atoms with van der Waals surface area (Å²) in [5, 5.41) is 4.69. The summed E-state index contributed by atoms with van der Waals surface area (Å²) in [5.41, 5.74) is 1.70. The molecule has 62 valence electrons. The second kappa shape index (κ2) is 2.75. The molecule has 2 aromatic heterocycles. The van der Waals surface area contributed by atoms with Gasteiger partial charge in [0.05, 0.1) is 5.69 Å². The Morgan fingerprint density at radius 1 is 1.58 bits per heavy atom. The number of hydrogen-bond acceptors (Lipinski definition) is 2. The van der Waals surface area contributed by atoms with Crippen LogP contribution in [0.1, 0.15) is 12.6 Å². The minimum Gasteiger partial charge on any atom is -0.230 e. The second-order valence-electron chi connectivity index (χ2n) is 2.50. The molecule has 0 aromatic carbocycles. The number of imidazole rings is 1. The van der Waals surface area contributed by atoms with Crippen molar-refractivity contribution in [3.05, 3.63) is 29.2 Å². The first-order chi connectivity index (χ1) is 5.83. The summed E-state index contributed by atoms with van der Waals surface area (Å²) in [7, 11) is 0. The number of fused-ring (bicyclic) bond motifs is 1. The maximum absolute atomic E-state index is 6.00. The Labute approximate surface area is 75.0 Å². The summed E-state index contributed by atoms with van der Waals surface area (Å²) in [4.78, 5) is 4.30. The van der Waals surface area contributed by atoms with Crippen molar-refractivity contribution in [3.63, 3.8) is 0 Å². The third-order valence-electron chi connectivity index (χ3n) is 1.74. The summed E-state index contributed by atoms with van der Waals surface area (Å²) in [5.74, 6) is 0. The van der Waals surface area contributed by atoms with E-state index in [2.05, 4.69) is 10.1 Å². The van der Waals surface area contributed by atoms with Crippen molar-refractivity contribution < 1.29 is 0 Å². The van der Waals surface area contributed by atoms with E-state index in [-0.39, 0.29) is 0 Å². The maximum atomic E-state index is 6.00. The quantitative estimate of drug-likeness (QED) is 0.673. The van der Waals surface area contributed by atoms with Crippen LogP contribution in [0.3, 0.4) is 0 Å². The van der Waals surface area contributed by atoms with Gasteiger partial charge in [-0.05, 0) is 18.6 Å². The zero-order valence-electron chi connectivity index (χ0n) is 6.66. The minimum atomic E-state index is 0.619. The molecule has 0 radical (unpaired) electrons. The summed E-state index contributed by atoms with van der Waals surface area (Å²) >= 11 is 6.00. The zero-order valence-corrected chi connectivity index (χ0v) is 7.41. The minimum absolute atomic E-state index is 0.619. The standard InChI is InChI=1S/C8H8ClN3/c1-2-6-8(9)12-7(11-6)4-3-5-10-12/h3-5H,2H2,1H3. The number of aryl methyl sites for hydroxylation is 1. The highest BCUT2D eigenvalue weighted by Crippen LogP contribution is 2.16. The molecule has 0 aliphatic rings. The molecule has 0 amide bonds. The molecule has 0 aliphatic heterocycles. The van der Waals surface area contributed by atoms with Gasteiger partial charge in [-0.3, -0.25) is 0 Å². The van der Waals surface area contributed by atoms with E-state index in [0.29, 0.717) is 5.15 Å². The van der Waals surface area contributed by atoms with E-state index < -0.39 is 0 Å². The van der Waals surface area contributed by atoms with Crippen LogP contribution in [0.15, 0.2) is 18.3 Å². The van der Waals surface area contributed by atoms with Crippen molar-refractivity contribution >= 4 is 17.2 Å². The van der Waals surface area contributed by atoms with Gasteiger partial charge in [0.15, 0.2) is 10.8 Å². The fourth-order valence-electron chi connectivity index (χ4n) is 1.13. The van der Waals surface area contributed by atoms with Crippen LogP contribution in [-0.2, 0) is 6.42 Å². The summed E-state index contributed by atoms with van der Waals surface area (Å²) < 4.78 is 1.64.